The van der Waals surface area contributed by atoms with E-state index in [0.29, 0.717) is 27.7 Å². The van der Waals surface area contributed by atoms with E-state index in [1.807, 2.05) is 55.5 Å². The Hall–Kier alpha value is -4.15. The Kier molecular flexibility index (Phi) is 5.69. The van der Waals surface area contributed by atoms with Crippen molar-refractivity contribution >= 4 is 61.0 Å². The number of rotatable bonds is 4. The van der Waals surface area contributed by atoms with Crippen molar-refractivity contribution in [3.63, 3.8) is 0 Å². The Morgan fingerprint density at radius 1 is 1.00 bits per heavy atom. The molecule has 37 heavy (non-hydrogen) atoms. The maximum atomic E-state index is 13.6. The molecule has 2 amide bonds. The predicted octanol–water partition coefficient (Wildman–Crippen LogP) is 3.79. The minimum Gasteiger partial charge on any atom is -0.325 e. The Morgan fingerprint density at radius 3 is 2.46 bits per heavy atom. The number of benzene rings is 3. The summed E-state index contributed by atoms with van der Waals surface area (Å²) in [5.41, 5.74) is 3.52. The molecule has 0 saturated heterocycles. The zero-order chi connectivity index (χ0) is 25.7. The van der Waals surface area contributed by atoms with Crippen molar-refractivity contribution < 1.29 is 9.59 Å². The fourth-order valence-corrected chi connectivity index (χ4v) is 5.51. The van der Waals surface area contributed by atoms with E-state index < -0.39 is 11.5 Å². The number of nitrogens with zero attached hydrogens (tertiary/aromatic N) is 4. The molecule has 0 atom stereocenters. The van der Waals surface area contributed by atoms with Crippen LogP contribution >= 0.6 is 27.3 Å². The lowest BCUT2D eigenvalue weighted by Crippen LogP contribution is -2.37. The third-order valence-corrected chi connectivity index (χ3v) is 7.61. The van der Waals surface area contributed by atoms with Crippen LogP contribution in [0.25, 0.3) is 21.9 Å². The number of aryl methyl sites for hydroxylation is 1. The number of hydrogen-bond donors (Lipinski definition) is 1. The van der Waals surface area contributed by atoms with Gasteiger partial charge >= 0.3 is 0 Å². The first kappa shape index (κ1) is 23.3. The van der Waals surface area contributed by atoms with Crippen molar-refractivity contribution in [3.05, 3.63) is 103 Å². The quantitative estimate of drug-likeness (QED) is 0.354. The van der Waals surface area contributed by atoms with E-state index >= 15 is 0 Å². The second-order valence-corrected chi connectivity index (χ2v) is 10.5. The second-order valence-electron chi connectivity index (χ2n) is 8.57. The van der Waals surface area contributed by atoms with Crippen LogP contribution in [0, 0.1) is 6.92 Å². The van der Waals surface area contributed by atoms with Crippen molar-refractivity contribution in [1.29, 1.82) is 0 Å². The molecule has 1 N–H and O–H groups in total. The van der Waals surface area contributed by atoms with Gasteiger partial charge in [0.05, 0.1) is 11.3 Å². The molecule has 0 bridgehead atoms. The minimum atomic E-state index is -0.417. The van der Waals surface area contributed by atoms with Gasteiger partial charge in [0.15, 0.2) is 5.82 Å². The largest absolute Gasteiger partial charge is 0.325 e. The van der Waals surface area contributed by atoms with E-state index in [9.17, 15) is 14.4 Å². The Morgan fingerprint density at radius 2 is 1.73 bits per heavy atom. The summed E-state index contributed by atoms with van der Waals surface area (Å²) in [5, 5.41) is 7.22. The molecular weight excluding hydrogens is 554 g/mol. The van der Waals surface area contributed by atoms with Gasteiger partial charge in [-0.05, 0) is 37.3 Å². The summed E-state index contributed by atoms with van der Waals surface area (Å²) in [6, 6.07) is 22.0. The normalized spacial score (nSPS) is 14.3. The predicted molar refractivity (Wildman–Crippen MR) is 147 cm³/mol. The smallest absolute Gasteiger partial charge is 0.291 e. The Bertz CT molecular complexity index is 1810. The lowest BCUT2D eigenvalue weighted by atomic mass is 10.1. The summed E-state index contributed by atoms with van der Waals surface area (Å²) < 4.78 is 2.40. The molecule has 3 aromatic carbocycles. The third kappa shape index (κ3) is 4.13. The molecule has 3 heterocycles. The number of thiazole rings is 1. The molecule has 2 aromatic heterocycles. The van der Waals surface area contributed by atoms with Crippen LogP contribution in [-0.2, 0) is 9.59 Å². The van der Waals surface area contributed by atoms with Gasteiger partial charge in [-0.3, -0.25) is 19.3 Å². The monoisotopic (exact) mass is 571 g/mol. The number of anilines is 2. The number of carbonyl (C=O) groups is 2. The average Bonchev–Trinajstić information content (AvgIpc) is 3.52. The van der Waals surface area contributed by atoms with Crippen LogP contribution in [0.1, 0.15) is 11.1 Å². The summed E-state index contributed by atoms with van der Waals surface area (Å²) in [6.07, 6.45) is 0. The standard InChI is InChI=1S/C27H18BrN5O3S/c1-15-6-12-18(13-7-15)29-21(34)14-32-20-5-3-2-4-19(20)22(25(32)35)23-26(36)33-27(37-23)30-24(31-33)16-8-10-17(28)11-9-16/h2-13H,14H2,1H3,(H,29,34). The minimum absolute atomic E-state index is 0.185. The SMILES string of the molecule is Cc1ccc(NC(=O)CN2C(=O)C(=c3sc4nc(-c5ccc(Br)cc5)nn4c3=O)c3ccccc32)cc1. The van der Waals surface area contributed by atoms with Gasteiger partial charge < -0.3 is 5.32 Å². The molecule has 1 aliphatic heterocycles. The third-order valence-electron chi connectivity index (χ3n) is 6.05. The highest BCUT2D eigenvalue weighted by atomic mass is 79.9. The van der Waals surface area contributed by atoms with Gasteiger partial charge in [0.2, 0.25) is 10.9 Å². The zero-order valence-electron chi connectivity index (χ0n) is 19.4. The van der Waals surface area contributed by atoms with Crippen LogP contribution in [0.15, 0.2) is 82.1 Å². The number of halogens is 1. The molecule has 6 rings (SSSR count). The number of carbonyl (C=O) groups excluding carboxylic acids is 2. The molecule has 8 nitrogen and oxygen atoms in total. The summed E-state index contributed by atoms with van der Waals surface area (Å²) in [5.74, 6) is -0.313. The topological polar surface area (TPSA) is 96.7 Å². The Labute approximate surface area is 223 Å². The molecule has 0 aliphatic carbocycles. The van der Waals surface area contributed by atoms with Crippen LogP contribution in [-0.4, -0.2) is 33.0 Å². The van der Waals surface area contributed by atoms with Gasteiger partial charge in [-0.2, -0.15) is 9.50 Å². The number of aromatic nitrogens is 3. The molecular formula is C27H18BrN5O3S. The molecule has 0 radical (unpaired) electrons. The van der Waals surface area contributed by atoms with Crippen LogP contribution in [0.3, 0.4) is 0 Å². The van der Waals surface area contributed by atoms with Crippen molar-refractivity contribution in [2.45, 2.75) is 6.92 Å². The van der Waals surface area contributed by atoms with Gasteiger partial charge in [0.1, 0.15) is 11.1 Å². The number of fused-ring (bicyclic) bond motifs is 2. The molecule has 0 fully saturated rings. The van der Waals surface area contributed by atoms with E-state index in [1.165, 1.54) is 9.42 Å². The molecule has 1 aliphatic rings. The highest BCUT2D eigenvalue weighted by molar-refractivity contribution is 9.10. The lowest BCUT2D eigenvalue weighted by molar-refractivity contribution is -0.118. The second kappa shape index (κ2) is 9.06. The summed E-state index contributed by atoms with van der Waals surface area (Å²) in [4.78, 5) is 46.1. The van der Waals surface area contributed by atoms with Gasteiger partial charge in [-0.25, -0.2) is 0 Å². The van der Waals surface area contributed by atoms with Gasteiger partial charge in [0, 0.05) is 21.3 Å². The average molecular weight is 572 g/mol. The molecule has 182 valence electrons. The highest BCUT2D eigenvalue weighted by Gasteiger charge is 2.35. The molecule has 0 unspecified atom stereocenters. The van der Waals surface area contributed by atoms with Crippen molar-refractivity contribution in [2.75, 3.05) is 16.8 Å². The first-order valence-corrected chi connectivity index (χ1v) is 13.0. The first-order valence-electron chi connectivity index (χ1n) is 11.4. The highest BCUT2D eigenvalue weighted by Crippen LogP contribution is 2.35. The Balaban J connectivity index is 1.38. The van der Waals surface area contributed by atoms with E-state index in [4.69, 9.17) is 0 Å². The summed E-state index contributed by atoms with van der Waals surface area (Å²) >= 11 is 4.52. The number of nitrogens with one attached hydrogen (secondary N) is 1. The first-order chi connectivity index (χ1) is 17.9. The fourth-order valence-electron chi connectivity index (χ4n) is 4.24. The van der Waals surface area contributed by atoms with E-state index in [1.54, 1.807) is 24.3 Å². The van der Waals surface area contributed by atoms with Gasteiger partial charge in [0.25, 0.3) is 11.5 Å². The van der Waals surface area contributed by atoms with Crippen LogP contribution in [0.4, 0.5) is 11.4 Å². The number of amides is 2. The zero-order valence-corrected chi connectivity index (χ0v) is 21.8. The van der Waals surface area contributed by atoms with Gasteiger partial charge in [-0.1, -0.05) is 75.3 Å². The maximum absolute atomic E-state index is 13.6. The number of hydrogen-bond acceptors (Lipinski definition) is 6. The summed E-state index contributed by atoms with van der Waals surface area (Å²) in [6.45, 7) is 1.78. The lowest BCUT2D eigenvalue weighted by Gasteiger charge is -2.16. The van der Waals surface area contributed by atoms with E-state index in [0.717, 1.165) is 26.9 Å². The summed E-state index contributed by atoms with van der Waals surface area (Å²) in [7, 11) is 0. The molecule has 0 saturated carbocycles. The maximum Gasteiger partial charge on any atom is 0.291 e. The van der Waals surface area contributed by atoms with Crippen LogP contribution in [0.5, 0.6) is 0 Å². The van der Waals surface area contributed by atoms with Crippen LogP contribution in [0.2, 0.25) is 0 Å². The van der Waals surface area contributed by atoms with Gasteiger partial charge in [-0.15, -0.1) is 5.10 Å². The van der Waals surface area contributed by atoms with Crippen molar-refractivity contribution in [2.24, 2.45) is 0 Å². The van der Waals surface area contributed by atoms with Crippen LogP contribution < -0.4 is 20.3 Å². The molecule has 10 heteroatoms. The van der Waals surface area contributed by atoms with Crippen molar-refractivity contribution in [3.8, 4) is 11.4 Å². The molecule has 0 spiro atoms. The van der Waals surface area contributed by atoms with E-state index in [-0.39, 0.29) is 22.6 Å². The fraction of sp³-hybridized carbons (Fsp3) is 0.0741. The van der Waals surface area contributed by atoms with E-state index in [2.05, 4.69) is 31.3 Å². The molecule has 5 aromatic rings. The van der Waals surface area contributed by atoms with Crippen molar-refractivity contribution in [1.82, 2.24) is 14.6 Å². The number of para-hydroxylation sites is 1.